The van der Waals surface area contributed by atoms with Gasteiger partial charge in [-0.1, -0.05) is 30.3 Å². The molecule has 8 heteroatoms. The Balaban J connectivity index is 1.71. The number of benzene rings is 2. The molecule has 2 aromatic carbocycles. The van der Waals surface area contributed by atoms with Gasteiger partial charge in [-0.3, -0.25) is 9.59 Å². The summed E-state index contributed by atoms with van der Waals surface area (Å²) in [5, 5.41) is 7.91. The van der Waals surface area contributed by atoms with Crippen LogP contribution in [0.1, 0.15) is 18.5 Å². The van der Waals surface area contributed by atoms with Crippen LogP contribution in [0.4, 0.5) is 8.78 Å². The van der Waals surface area contributed by atoms with Crippen molar-refractivity contribution in [1.82, 2.24) is 15.1 Å². The molecule has 1 atom stereocenters. The second kappa shape index (κ2) is 7.94. The molecule has 0 spiro atoms. The average molecular weight is 373 g/mol. The van der Waals surface area contributed by atoms with Crippen LogP contribution in [-0.2, 0) is 11.3 Å². The molecular formula is C19H17F2N3O3. The molecule has 0 fully saturated rings. The topological polar surface area (TPSA) is 73.2 Å². The van der Waals surface area contributed by atoms with Gasteiger partial charge < -0.3 is 10.1 Å². The minimum Gasteiger partial charge on any atom is -0.435 e. The fraction of sp³-hybridized carbons (Fsp3) is 0.211. The number of rotatable bonds is 6. The van der Waals surface area contributed by atoms with Crippen LogP contribution in [0.2, 0.25) is 0 Å². The van der Waals surface area contributed by atoms with Gasteiger partial charge in [-0.15, -0.1) is 0 Å². The Morgan fingerprint density at radius 1 is 1.22 bits per heavy atom. The van der Waals surface area contributed by atoms with Gasteiger partial charge in [0, 0.05) is 5.39 Å². The van der Waals surface area contributed by atoms with Crippen LogP contribution in [0, 0.1) is 0 Å². The fourth-order valence-electron chi connectivity index (χ4n) is 2.71. The number of hydrogen-bond acceptors (Lipinski definition) is 4. The second-order valence-electron chi connectivity index (χ2n) is 5.93. The van der Waals surface area contributed by atoms with E-state index in [2.05, 4.69) is 15.2 Å². The van der Waals surface area contributed by atoms with Gasteiger partial charge in [0.15, 0.2) is 0 Å². The number of alkyl halides is 2. The van der Waals surface area contributed by atoms with Crippen LogP contribution < -0.4 is 15.6 Å². The maximum absolute atomic E-state index is 12.4. The number of amides is 1. The molecule has 1 amide bonds. The molecule has 3 aromatic rings. The van der Waals surface area contributed by atoms with Crippen molar-refractivity contribution in [2.24, 2.45) is 0 Å². The van der Waals surface area contributed by atoms with Gasteiger partial charge in [-0.25, -0.2) is 4.68 Å². The summed E-state index contributed by atoms with van der Waals surface area (Å²) in [6.45, 7) is -1.46. The van der Waals surface area contributed by atoms with E-state index in [4.69, 9.17) is 0 Å². The predicted octanol–water partition coefficient (Wildman–Crippen LogP) is 2.88. The Morgan fingerprint density at radius 2 is 2.00 bits per heavy atom. The van der Waals surface area contributed by atoms with E-state index in [1.54, 1.807) is 43.3 Å². The van der Waals surface area contributed by atoms with Crippen molar-refractivity contribution in [3.05, 3.63) is 70.6 Å². The molecule has 0 aliphatic heterocycles. The van der Waals surface area contributed by atoms with Crippen LogP contribution in [0.15, 0.2) is 59.5 Å². The Kier molecular flexibility index (Phi) is 5.44. The smallest absolute Gasteiger partial charge is 0.387 e. The Hall–Kier alpha value is -3.29. The number of carbonyl (C=O) groups is 1. The summed E-state index contributed by atoms with van der Waals surface area (Å²) >= 11 is 0. The highest BCUT2D eigenvalue weighted by molar-refractivity contribution is 5.81. The standard InChI is InChI=1S/C19H17F2N3O3/c1-12(13-6-4-7-15(9-13)27-19(20)21)23-17(25)11-24-18(26)16-8-3-2-5-14(16)10-22-24/h2-10,12,19H,11H2,1H3,(H,23,25)/t12-/m1/s1. The lowest BCUT2D eigenvalue weighted by Gasteiger charge is -2.16. The SMILES string of the molecule is C[C@@H](NC(=O)Cn1ncc2ccccc2c1=O)c1cccc(OC(F)F)c1. The fourth-order valence-corrected chi connectivity index (χ4v) is 2.71. The van der Waals surface area contributed by atoms with Gasteiger partial charge in [0.05, 0.1) is 17.6 Å². The first-order valence-corrected chi connectivity index (χ1v) is 8.23. The lowest BCUT2D eigenvalue weighted by atomic mass is 10.1. The molecule has 27 heavy (non-hydrogen) atoms. The van der Waals surface area contributed by atoms with Crippen molar-refractivity contribution in [2.75, 3.05) is 0 Å². The maximum Gasteiger partial charge on any atom is 0.387 e. The van der Waals surface area contributed by atoms with Gasteiger partial charge in [0.1, 0.15) is 12.3 Å². The molecule has 1 N–H and O–H groups in total. The van der Waals surface area contributed by atoms with Gasteiger partial charge in [-0.2, -0.15) is 13.9 Å². The summed E-state index contributed by atoms with van der Waals surface area (Å²) in [5.41, 5.74) is 0.239. The van der Waals surface area contributed by atoms with Crippen LogP contribution in [-0.4, -0.2) is 22.3 Å². The highest BCUT2D eigenvalue weighted by atomic mass is 19.3. The molecule has 140 valence electrons. The molecule has 0 bridgehead atoms. The van der Waals surface area contributed by atoms with Crippen molar-refractivity contribution in [3.8, 4) is 5.75 Å². The van der Waals surface area contributed by atoms with Crippen molar-refractivity contribution < 1.29 is 18.3 Å². The van der Waals surface area contributed by atoms with Gasteiger partial charge >= 0.3 is 6.61 Å². The van der Waals surface area contributed by atoms with E-state index in [1.165, 1.54) is 18.3 Å². The highest BCUT2D eigenvalue weighted by Gasteiger charge is 2.14. The molecule has 1 heterocycles. The first-order chi connectivity index (χ1) is 12.9. The Bertz CT molecular complexity index is 1020. The molecule has 6 nitrogen and oxygen atoms in total. The zero-order valence-electron chi connectivity index (χ0n) is 14.4. The first kappa shape index (κ1) is 18.5. The van der Waals surface area contributed by atoms with Gasteiger partial charge in [0.2, 0.25) is 5.91 Å². The third-order valence-electron chi connectivity index (χ3n) is 4.02. The Morgan fingerprint density at radius 3 is 2.78 bits per heavy atom. The predicted molar refractivity (Wildman–Crippen MR) is 95.6 cm³/mol. The lowest BCUT2D eigenvalue weighted by molar-refractivity contribution is -0.122. The molecule has 0 radical (unpaired) electrons. The van der Waals surface area contributed by atoms with Gasteiger partial charge in [-0.05, 0) is 30.7 Å². The average Bonchev–Trinajstić information content (AvgIpc) is 2.64. The third-order valence-corrected chi connectivity index (χ3v) is 4.02. The van der Waals surface area contributed by atoms with Crippen molar-refractivity contribution >= 4 is 16.7 Å². The number of nitrogens with one attached hydrogen (secondary N) is 1. The summed E-state index contributed by atoms with van der Waals surface area (Å²) in [7, 11) is 0. The monoisotopic (exact) mass is 373 g/mol. The van der Waals surface area contributed by atoms with E-state index in [0.717, 1.165) is 4.68 Å². The number of halogens is 2. The van der Waals surface area contributed by atoms with E-state index < -0.39 is 18.6 Å². The number of carbonyl (C=O) groups excluding carboxylic acids is 1. The summed E-state index contributed by atoms with van der Waals surface area (Å²) in [6.07, 6.45) is 1.53. The van der Waals surface area contributed by atoms with Crippen LogP contribution in [0.25, 0.3) is 10.8 Å². The molecule has 0 saturated heterocycles. The molecule has 0 aliphatic carbocycles. The van der Waals surface area contributed by atoms with E-state index in [9.17, 15) is 18.4 Å². The number of nitrogens with zero attached hydrogens (tertiary/aromatic N) is 2. The summed E-state index contributed by atoms with van der Waals surface area (Å²) in [6, 6.07) is 12.6. The van der Waals surface area contributed by atoms with Gasteiger partial charge in [0.25, 0.3) is 5.56 Å². The van der Waals surface area contributed by atoms with Crippen molar-refractivity contribution in [3.63, 3.8) is 0 Å². The van der Waals surface area contributed by atoms with E-state index in [0.29, 0.717) is 16.3 Å². The van der Waals surface area contributed by atoms with E-state index >= 15 is 0 Å². The number of fused-ring (bicyclic) bond motifs is 1. The molecule has 0 unspecified atom stereocenters. The quantitative estimate of drug-likeness (QED) is 0.721. The largest absolute Gasteiger partial charge is 0.435 e. The highest BCUT2D eigenvalue weighted by Crippen LogP contribution is 2.20. The number of ether oxygens (including phenoxy) is 1. The molecule has 3 rings (SSSR count). The van der Waals surface area contributed by atoms with E-state index in [1.807, 2.05) is 0 Å². The van der Waals surface area contributed by atoms with Crippen LogP contribution >= 0.6 is 0 Å². The molecule has 1 aromatic heterocycles. The second-order valence-corrected chi connectivity index (χ2v) is 5.93. The summed E-state index contributed by atoms with van der Waals surface area (Å²) < 4.78 is 30.1. The summed E-state index contributed by atoms with van der Waals surface area (Å²) in [4.78, 5) is 24.7. The van der Waals surface area contributed by atoms with Crippen LogP contribution in [0.3, 0.4) is 0 Å². The van der Waals surface area contributed by atoms with Crippen molar-refractivity contribution in [1.29, 1.82) is 0 Å². The maximum atomic E-state index is 12.4. The lowest BCUT2D eigenvalue weighted by Crippen LogP contribution is -2.34. The third kappa shape index (κ3) is 4.46. The number of hydrogen-bond donors (Lipinski definition) is 1. The molecule has 0 saturated carbocycles. The number of aromatic nitrogens is 2. The minimum atomic E-state index is -2.92. The molecule has 0 aliphatic rings. The Labute approximate surface area is 153 Å². The minimum absolute atomic E-state index is 0.0102. The zero-order chi connectivity index (χ0) is 19.4. The molecular weight excluding hydrogens is 356 g/mol. The van der Waals surface area contributed by atoms with Crippen molar-refractivity contribution in [2.45, 2.75) is 26.1 Å². The van der Waals surface area contributed by atoms with Crippen LogP contribution in [0.5, 0.6) is 5.75 Å². The normalized spacial score (nSPS) is 12.1. The summed E-state index contributed by atoms with van der Waals surface area (Å²) in [5.74, 6) is -0.413. The zero-order valence-corrected chi connectivity index (χ0v) is 14.4. The van der Waals surface area contributed by atoms with E-state index in [-0.39, 0.29) is 17.9 Å². The first-order valence-electron chi connectivity index (χ1n) is 8.23.